The molecule has 2 saturated carbocycles. The predicted molar refractivity (Wildman–Crippen MR) is 133 cm³/mol. The summed E-state index contributed by atoms with van der Waals surface area (Å²) >= 11 is 0. The summed E-state index contributed by atoms with van der Waals surface area (Å²) in [6, 6.07) is 1.72. The Bertz CT molecular complexity index is 1300. The van der Waals surface area contributed by atoms with Crippen LogP contribution in [-0.2, 0) is 25.6 Å². The van der Waals surface area contributed by atoms with Crippen LogP contribution in [0.4, 0.5) is 5.69 Å². The highest BCUT2D eigenvalue weighted by atomic mass is 28.3. The summed E-state index contributed by atoms with van der Waals surface area (Å²) in [5, 5.41) is 22.4. The number of Topliss-reactive ketones (excluding diaryl/α,β-unsaturated/α-hetero) is 4. The number of carbonyl (C=O) groups excluding carboxylic acids is 5. The molecule has 36 heavy (non-hydrogen) atoms. The van der Waals surface area contributed by atoms with Crippen molar-refractivity contribution in [1.29, 1.82) is 0 Å². The van der Waals surface area contributed by atoms with Crippen LogP contribution in [-0.4, -0.2) is 67.0 Å². The van der Waals surface area contributed by atoms with E-state index in [1.54, 1.807) is 25.1 Å². The van der Waals surface area contributed by atoms with Gasteiger partial charge in [-0.1, -0.05) is 25.6 Å². The molecule has 190 valence electrons. The molecule has 0 aliphatic heterocycles. The van der Waals surface area contributed by atoms with Crippen LogP contribution in [0.5, 0.6) is 5.75 Å². The Hall–Kier alpha value is -3.29. The van der Waals surface area contributed by atoms with Gasteiger partial charge in [0.05, 0.1) is 17.0 Å². The lowest BCUT2D eigenvalue weighted by Gasteiger charge is -2.48. The topological polar surface area (TPSA) is 155 Å². The molecule has 0 saturated heterocycles. The molecule has 9 nitrogen and oxygen atoms in total. The van der Waals surface area contributed by atoms with Crippen molar-refractivity contribution >= 4 is 42.8 Å². The van der Waals surface area contributed by atoms with Crippen LogP contribution in [0.2, 0.25) is 19.6 Å². The van der Waals surface area contributed by atoms with Crippen molar-refractivity contribution in [1.82, 2.24) is 0 Å². The standard InChI is InChI=1S/C26H30N2O7Si/c1-28(2)16-10-12(6-7-36(3,4)5)21(30)19-15(16)9-13-8-14-11-17(29)20(25(27)34)24(33)26(14,35)23(32)18(13)22(19)31/h10,13-14,18,20,30,35H,8-9,11H2,1-5H3,(H2,27,34)/t13-,14+,18?,20?,26+/m1/s1. The number of rotatable bonds is 2. The van der Waals surface area contributed by atoms with E-state index in [-0.39, 0.29) is 36.1 Å². The number of hydrogen-bond acceptors (Lipinski definition) is 8. The zero-order valence-corrected chi connectivity index (χ0v) is 22.0. The first kappa shape index (κ1) is 25.8. The fourth-order valence-electron chi connectivity index (χ4n) is 5.76. The fourth-order valence-corrected chi connectivity index (χ4v) is 6.27. The molecule has 3 aliphatic carbocycles. The second-order valence-corrected chi connectivity index (χ2v) is 16.0. The highest BCUT2D eigenvalue weighted by Crippen LogP contribution is 2.51. The first-order valence-electron chi connectivity index (χ1n) is 11.9. The Labute approximate surface area is 210 Å². The van der Waals surface area contributed by atoms with Crippen LogP contribution < -0.4 is 10.6 Å². The number of aliphatic hydroxyl groups is 1. The quantitative estimate of drug-likeness (QED) is 0.297. The van der Waals surface area contributed by atoms with Crippen molar-refractivity contribution in [3.63, 3.8) is 0 Å². The second kappa shape index (κ2) is 8.39. The second-order valence-electron chi connectivity index (χ2n) is 11.3. The van der Waals surface area contributed by atoms with Gasteiger partial charge in [0.15, 0.2) is 34.7 Å². The zero-order valence-electron chi connectivity index (χ0n) is 21.0. The summed E-state index contributed by atoms with van der Waals surface area (Å²) in [6.07, 6.45) is -0.0663. The number of benzene rings is 1. The van der Waals surface area contributed by atoms with Crippen molar-refractivity contribution in [2.75, 3.05) is 19.0 Å². The minimum Gasteiger partial charge on any atom is -0.506 e. The van der Waals surface area contributed by atoms with Gasteiger partial charge in [0, 0.05) is 32.1 Å². The third-order valence-electron chi connectivity index (χ3n) is 7.43. The number of phenols is 1. The Kier molecular flexibility index (Phi) is 6.01. The number of ketones is 4. The fraction of sp³-hybridized carbons (Fsp3) is 0.500. The monoisotopic (exact) mass is 510 g/mol. The molecule has 1 amide bonds. The number of nitrogens with zero attached hydrogens (tertiary/aromatic N) is 1. The van der Waals surface area contributed by atoms with Crippen molar-refractivity contribution in [3.05, 3.63) is 22.8 Å². The third kappa shape index (κ3) is 3.78. The van der Waals surface area contributed by atoms with Crippen LogP contribution in [0.1, 0.15) is 34.3 Å². The van der Waals surface area contributed by atoms with Crippen LogP contribution in [0.15, 0.2) is 6.07 Å². The van der Waals surface area contributed by atoms with E-state index in [1.165, 1.54) is 0 Å². The Morgan fingerprint density at radius 2 is 1.78 bits per heavy atom. The molecule has 0 radical (unpaired) electrons. The first-order chi connectivity index (χ1) is 16.6. The summed E-state index contributed by atoms with van der Waals surface area (Å²) in [7, 11) is 1.78. The Morgan fingerprint density at radius 1 is 1.14 bits per heavy atom. The van der Waals surface area contributed by atoms with E-state index in [2.05, 4.69) is 11.5 Å². The van der Waals surface area contributed by atoms with Crippen molar-refractivity contribution < 1.29 is 34.2 Å². The first-order valence-corrected chi connectivity index (χ1v) is 15.4. The molecular formula is C26H30N2O7Si. The zero-order chi connectivity index (χ0) is 26.9. The van der Waals surface area contributed by atoms with Gasteiger partial charge in [-0.05, 0) is 30.4 Å². The van der Waals surface area contributed by atoms with Gasteiger partial charge in [-0.15, -0.1) is 5.54 Å². The number of primary amides is 1. The van der Waals surface area contributed by atoms with Crippen LogP contribution in [0, 0.1) is 35.1 Å². The highest BCUT2D eigenvalue weighted by Gasteiger charge is 2.66. The van der Waals surface area contributed by atoms with E-state index in [0.29, 0.717) is 11.3 Å². The van der Waals surface area contributed by atoms with E-state index >= 15 is 0 Å². The summed E-state index contributed by atoms with van der Waals surface area (Å²) in [6.45, 7) is 6.13. The number of hydrogen-bond donors (Lipinski definition) is 3. The molecule has 4 rings (SSSR count). The Morgan fingerprint density at radius 3 is 2.33 bits per heavy atom. The summed E-state index contributed by atoms with van der Waals surface area (Å²) in [5.74, 6) is -7.23. The number of anilines is 1. The number of phenolic OH excluding ortho intramolecular Hbond substituents is 1. The third-order valence-corrected chi connectivity index (χ3v) is 8.31. The summed E-state index contributed by atoms with van der Waals surface area (Å²) in [5.41, 5.74) is 7.19. The maximum Gasteiger partial charge on any atom is 0.235 e. The van der Waals surface area contributed by atoms with Crippen molar-refractivity contribution in [2.45, 2.75) is 44.5 Å². The van der Waals surface area contributed by atoms with Gasteiger partial charge in [-0.3, -0.25) is 24.0 Å². The smallest absolute Gasteiger partial charge is 0.235 e. The van der Waals surface area contributed by atoms with Gasteiger partial charge in [0.1, 0.15) is 13.8 Å². The molecule has 3 aliphatic rings. The van der Waals surface area contributed by atoms with Gasteiger partial charge in [-0.2, -0.15) is 0 Å². The molecular weight excluding hydrogens is 480 g/mol. The average molecular weight is 511 g/mol. The normalized spacial score (nSPS) is 29.5. The lowest BCUT2D eigenvalue weighted by molar-refractivity contribution is -0.175. The molecule has 0 aromatic heterocycles. The van der Waals surface area contributed by atoms with Crippen LogP contribution in [0.3, 0.4) is 0 Å². The van der Waals surface area contributed by atoms with Gasteiger partial charge in [-0.25, -0.2) is 0 Å². The van der Waals surface area contributed by atoms with E-state index in [4.69, 9.17) is 5.73 Å². The molecule has 0 spiro atoms. The maximum atomic E-state index is 13.8. The van der Waals surface area contributed by atoms with E-state index in [0.717, 1.165) is 0 Å². The van der Waals surface area contributed by atoms with Crippen molar-refractivity contribution in [2.24, 2.45) is 29.4 Å². The van der Waals surface area contributed by atoms with E-state index < -0.39 is 66.4 Å². The van der Waals surface area contributed by atoms with Gasteiger partial charge < -0.3 is 20.8 Å². The molecule has 2 unspecified atom stereocenters. The van der Waals surface area contributed by atoms with E-state index in [9.17, 15) is 34.2 Å². The molecule has 4 N–H and O–H groups in total. The summed E-state index contributed by atoms with van der Waals surface area (Å²) < 4.78 is 0. The summed E-state index contributed by atoms with van der Waals surface area (Å²) in [4.78, 5) is 66.5. The predicted octanol–water partition coefficient (Wildman–Crippen LogP) is 0.622. The molecule has 10 heteroatoms. The highest BCUT2D eigenvalue weighted by molar-refractivity contribution is 6.83. The number of fused-ring (bicyclic) bond motifs is 3. The molecule has 0 heterocycles. The van der Waals surface area contributed by atoms with Crippen LogP contribution >= 0.6 is 0 Å². The van der Waals surface area contributed by atoms with Gasteiger partial charge >= 0.3 is 0 Å². The Balaban J connectivity index is 1.86. The average Bonchev–Trinajstić information content (AvgIpc) is 2.74. The largest absolute Gasteiger partial charge is 0.506 e. The molecule has 1 aromatic carbocycles. The minimum atomic E-state index is -2.66. The lowest BCUT2D eigenvalue weighted by atomic mass is 9.53. The SMILES string of the molecule is CN(C)c1cc(C#C[Si](C)(C)C)c(O)c2c1C[C@H]1C[C@H]3CC(=O)C(C(N)=O)C(=O)[C@@]3(O)C(=O)C1C2=O. The van der Waals surface area contributed by atoms with Gasteiger partial charge in [0.25, 0.3) is 0 Å². The molecule has 2 fully saturated rings. The maximum absolute atomic E-state index is 13.8. The van der Waals surface area contributed by atoms with Crippen molar-refractivity contribution in [3.8, 4) is 17.2 Å². The number of amides is 1. The molecule has 5 atom stereocenters. The number of aromatic hydroxyl groups is 1. The van der Waals surface area contributed by atoms with E-state index in [1.807, 2.05) is 19.6 Å². The van der Waals surface area contributed by atoms with Gasteiger partial charge in [0.2, 0.25) is 5.91 Å². The van der Waals surface area contributed by atoms with Crippen LogP contribution in [0.25, 0.3) is 0 Å². The molecule has 1 aromatic rings. The minimum absolute atomic E-state index is 0.0384. The molecule has 0 bridgehead atoms. The number of nitrogens with two attached hydrogens (primary N) is 1. The number of carbonyl (C=O) groups is 5. The lowest BCUT2D eigenvalue weighted by Crippen LogP contribution is -2.68.